The zero-order chi connectivity index (χ0) is 14.5. The number of methoxy groups -OCH3 is 1. The summed E-state index contributed by atoms with van der Waals surface area (Å²) >= 11 is 3.45. The highest BCUT2D eigenvalue weighted by Crippen LogP contribution is 2.24. The molecule has 0 saturated carbocycles. The van der Waals surface area contributed by atoms with Crippen LogP contribution >= 0.6 is 15.9 Å². The third-order valence-corrected chi connectivity index (χ3v) is 3.41. The number of carbonyl (C=O) groups excluding carboxylic acids is 1. The van der Waals surface area contributed by atoms with Gasteiger partial charge in [0.05, 0.1) is 7.11 Å². The van der Waals surface area contributed by atoms with Crippen LogP contribution in [0.4, 0.5) is 0 Å². The van der Waals surface area contributed by atoms with Crippen LogP contribution in [0.3, 0.4) is 0 Å². The Balaban J connectivity index is 2.07. The first kappa shape index (κ1) is 14.6. The fourth-order valence-corrected chi connectivity index (χ4v) is 2.17. The van der Waals surface area contributed by atoms with E-state index in [1.54, 1.807) is 13.0 Å². The lowest BCUT2D eigenvalue weighted by Crippen LogP contribution is -2.04. The van der Waals surface area contributed by atoms with Crippen molar-refractivity contribution in [3.63, 3.8) is 0 Å². The highest BCUT2D eigenvalue weighted by Gasteiger charge is 2.02. The van der Waals surface area contributed by atoms with Crippen molar-refractivity contribution < 1.29 is 14.3 Å². The maximum atomic E-state index is 11.2. The predicted octanol–water partition coefficient (Wildman–Crippen LogP) is 4.10. The van der Waals surface area contributed by atoms with Crippen molar-refractivity contribution in [1.82, 2.24) is 0 Å². The molecule has 0 aromatic heterocycles. The van der Waals surface area contributed by atoms with E-state index in [4.69, 9.17) is 4.74 Å². The molecule has 104 valence electrons. The summed E-state index contributed by atoms with van der Waals surface area (Å²) in [7, 11) is 1.36. The summed E-state index contributed by atoms with van der Waals surface area (Å²) in [5, 5.41) is 2.26. The Morgan fingerprint density at radius 3 is 2.65 bits per heavy atom. The summed E-state index contributed by atoms with van der Waals surface area (Å²) in [6.07, 6.45) is 1.71. The molecule has 4 heteroatoms. The largest absolute Gasteiger partial charge is 0.489 e. The third kappa shape index (κ3) is 3.61. The van der Waals surface area contributed by atoms with Gasteiger partial charge in [-0.25, -0.2) is 4.79 Å². The second-order valence-corrected chi connectivity index (χ2v) is 5.26. The molecule has 0 amide bonds. The van der Waals surface area contributed by atoms with Crippen LogP contribution in [0.2, 0.25) is 0 Å². The average molecular weight is 335 g/mol. The van der Waals surface area contributed by atoms with Gasteiger partial charge in [0.2, 0.25) is 0 Å². The summed E-state index contributed by atoms with van der Waals surface area (Å²) in [5.74, 6) is 0.436. The standard InChI is InChI=1S/C16H15BrO3/c1-11(16(18)19-2)7-8-20-15-6-4-12-9-14(17)5-3-13(12)10-15/h3-7,9-10H,8H2,1-2H3. The second-order valence-electron chi connectivity index (χ2n) is 4.34. The van der Waals surface area contributed by atoms with Crippen molar-refractivity contribution in [2.45, 2.75) is 6.92 Å². The van der Waals surface area contributed by atoms with Gasteiger partial charge in [-0.05, 0) is 48.0 Å². The molecule has 0 aliphatic heterocycles. The molecule has 2 aromatic rings. The Morgan fingerprint density at radius 1 is 1.20 bits per heavy atom. The van der Waals surface area contributed by atoms with Crippen molar-refractivity contribution >= 4 is 32.7 Å². The van der Waals surface area contributed by atoms with E-state index in [0.29, 0.717) is 12.2 Å². The van der Waals surface area contributed by atoms with Gasteiger partial charge in [-0.15, -0.1) is 0 Å². The first-order valence-corrected chi connectivity index (χ1v) is 6.96. The van der Waals surface area contributed by atoms with E-state index in [9.17, 15) is 4.79 Å². The van der Waals surface area contributed by atoms with Gasteiger partial charge in [0.25, 0.3) is 0 Å². The van der Waals surface area contributed by atoms with Gasteiger partial charge in [0, 0.05) is 10.0 Å². The Morgan fingerprint density at radius 2 is 1.90 bits per heavy atom. The van der Waals surface area contributed by atoms with Crippen LogP contribution in [0, 0.1) is 0 Å². The molecule has 2 rings (SSSR count). The number of hydrogen-bond donors (Lipinski definition) is 0. The molecule has 0 unspecified atom stereocenters. The highest BCUT2D eigenvalue weighted by molar-refractivity contribution is 9.10. The zero-order valence-electron chi connectivity index (χ0n) is 11.4. The monoisotopic (exact) mass is 334 g/mol. The summed E-state index contributed by atoms with van der Waals surface area (Å²) < 4.78 is 11.3. The van der Waals surface area contributed by atoms with E-state index >= 15 is 0 Å². The van der Waals surface area contributed by atoms with E-state index in [1.807, 2.05) is 30.3 Å². The van der Waals surface area contributed by atoms with Crippen molar-refractivity contribution in [3.05, 3.63) is 52.5 Å². The van der Waals surface area contributed by atoms with Gasteiger partial charge in [0.1, 0.15) is 12.4 Å². The third-order valence-electron chi connectivity index (χ3n) is 2.92. The second kappa shape index (κ2) is 6.57. The number of rotatable bonds is 4. The lowest BCUT2D eigenvalue weighted by Gasteiger charge is -2.06. The number of hydrogen-bond acceptors (Lipinski definition) is 3. The van der Waals surface area contributed by atoms with Gasteiger partial charge in [-0.3, -0.25) is 0 Å². The summed E-state index contributed by atoms with van der Waals surface area (Å²) in [5.41, 5.74) is 0.539. The van der Waals surface area contributed by atoms with E-state index in [1.165, 1.54) is 7.11 Å². The van der Waals surface area contributed by atoms with Crippen LogP contribution in [0.5, 0.6) is 5.75 Å². The minimum absolute atomic E-state index is 0.336. The van der Waals surface area contributed by atoms with Gasteiger partial charge in [0.15, 0.2) is 0 Å². The van der Waals surface area contributed by atoms with Gasteiger partial charge in [-0.1, -0.05) is 28.1 Å². The molecule has 0 aliphatic rings. The van der Waals surface area contributed by atoms with Crippen molar-refractivity contribution in [3.8, 4) is 5.75 Å². The van der Waals surface area contributed by atoms with Gasteiger partial charge in [-0.2, -0.15) is 0 Å². The van der Waals surface area contributed by atoms with E-state index in [0.717, 1.165) is 21.0 Å². The van der Waals surface area contributed by atoms with Crippen molar-refractivity contribution in [2.75, 3.05) is 13.7 Å². The zero-order valence-corrected chi connectivity index (χ0v) is 12.9. The fraction of sp³-hybridized carbons (Fsp3) is 0.188. The average Bonchev–Trinajstić information content (AvgIpc) is 2.46. The maximum absolute atomic E-state index is 11.2. The number of fused-ring (bicyclic) bond motifs is 1. The van der Waals surface area contributed by atoms with Crippen LogP contribution in [0.25, 0.3) is 10.8 Å². The van der Waals surface area contributed by atoms with Gasteiger partial charge < -0.3 is 9.47 Å². The number of halogens is 1. The summed E-state index contributed by atoms with van der Waals surface area (Å²) in [6.45, 7) is 2.04. The van der Waals surface area contributed by atoms with Crippen molar-refractivity contribution in [1.29, 1.82) is 0 Å². The molecule has 3 nitrogen and oxygen atoms in total. The molecule has 0 spiro atoms. The first-order valence-electron chi connectivity index (χ1n) is 6.17. The number of ether oxygens (including phenoxy) is 2. The molecule has 0 bridgehead atoms. The molecule has 0 heterocycles. The number of esters is 1. The maximum Gasteiger partial charge on any atom is 0.333 e. The SMILES string of the molecule is COC(=O)C(C)=CCOc1ccc2cc(Br)ccc2c1. The molecule has 0 aliphatic carbocycles. The Hall–Kier alpha value is -1.81. The first-order chi connectivity index (χ1) is 9.60. The molecule has 20 heavy (non-hydrogen) atoms. The van der Waals surface area contributed by atoms with Crippen molar-refractivity contribution in [2.24, 2.45) is 0 Å². The summed E-state index contributed by atoms with van der Waals surface area (Å²) in [4.78, 5) is 11.2. The molecule has 0 saturated heterocycles. The van der Waals surface area contributed by atoms with Crippen LogP contribution in [-0.4, -0.2) is 19.7 Å². The fourth-order valence-electron chi connectivity index (χ4n) is 1.79. The van der Waals surface area contributed by atoms with Crippen LogP contribution in [0.1, 0.15) is 6.92 Å². The lowest BCUT2D eigenvalue weighted by atomic mass is 10.1. The van der Waals surface area contributed by atoms with E-state index < -0.39 is 0 Å². The number of benzene rings is 2. The summed E-state index contributed by atoms with van der Waals surface area (Å²) in [6, 6.07) is 12.0. The molecule has 0 N–H and O–H groups in total. The molecular formula is C16H15BrO3. The van der Waals surface area contributed by atoms with E-state index in [-0.39, 0.29) is 5.97 Å². The quantitative estimate of drug-likeness (QED) is 0.623. The normalized spacial score (nSPS) is 11.4. The number of carbonyl (C=O) groups is 1. The Kier molecular flexibility index (Phi) is 4.79. The molecule has 0 radical (unpaired) electrons. The van der Waals surface area contributed by atoms with E-state index in [2.05, 4.69) is 26.7 Å². The Bertz CT molecular complexity index is 662. The molecule has 0 fully saturated rings. The highest BCUT2D eigenvalue weighted by atomic mass is 79.9. The minimum Gasteiger partial charge on any atom is -0.489 e. The molecule has 0 atom stereocenters. The molecular weight excluding hydrogens is 320 g/mol. The lowest BCUT2D eigenvalue weighted by molar-refractivity contribution is -0.136. The smallest absolute Gasteiger partial charge is 0.333 e. The van der Waals surface area contributed by atoms with Crippen LogP contribution in [-0.2, 0) is 9.53 Å². The Labute approximate surface area is 126 Å². The van der Waals surface area contributed by atoms with Crippen LogP contribution in [0.15, 0.2) is 52.5 Å². The minimum atomic E-state index is -0.336. The van der Waals surface area contributed by atoms with Gasteiger partial charge >= 0.3 is 5.97 Å². The topological polar surface area (TPSA) is 35.5 Å². The molecule has 2 aromatic carbocycles. The predicted molar refractivity (Wildman–Crippen MR) is 82.9 cm³/mol. The van der Waals surface area contributed by atoms with Crippen LogP contribution < -0.4 is 4.74 Å².